The van der Waals surface area contributed by atoms with Gasteiger partial charge in [-0.05, 0) is 57.4 Å². The Labute approximate surface area is 92.9 Å². The molecule has 15 heavy (non-hydrogen) atoms. The Morgan fingerprint density at radius 2 is 1.60 bits per heavy atom. The first-order chi connectivity index (χ1) is 6.79. The second kappa shape index (κ2) is 4.23. The molecule has 0 bridgehead atoms. The number of rotatable bonds is 3. The zero-order valence-electron chi connectivity index (χ0n) is 10.4. The van der Waals surface area contributed by atoms with E-state index in [0.29, 0.717) is 0 Å². The summed E-state index contributed by atoms with van der Waals surface area (Å²) in [5.41, 5.74) is 10.9. The van der Waals surface area contributed by atoms with Crippen molar-refractivity contribution in [2.75, 3.05) is 11.9 Å². The predicted molar refractivity (Wildman–Crippen MR) is 67.4 cm³/mol. The minimum absolute atomic E-state index is 0.175. The fourth-order valence-electron chi connectivity index (χ4n) is 1.47. The van der Waals surface area contributed by atoms with E-state index in [1.165, 1.54) is 22.4 Å². The molecule has 0 unspecified atom stereocenters. The summed E-state index contributed by atoms with van der Waals surface area (Å²) < 4.78 is 0. The van der Waals surface area contributed by atoms with E-state index in [1.54, 1.807) is 0 Å². The highest BCUT2D eigenvalue weighted by molar-refractivity contribution is 5.54. The normalized spacial score (nSPS) is 11.6. The quantitative estimate of drug-likeness (QED) is 0.798. The largest absolute Gasteiger partial charge is 0.383 e. The van der Waals surface area contributed by atoms with Gasteiger partial charge >= 0.3 is 0 Å². The Kier molecular flexibility index (Phi) is 3.40. The van der Waals surface area contributed by atoms with Crippen LogP contribution in [0.25, 0.3) is 0 Å². The summed E-state index contributed by atoms with van der Waals surface area (Å²) in [5.74, 6) is 0. The lowest BCUT2D eigenvalue weighted by molar-refractivity contribution is 0.549. The van der Waals surface area contributed by atoms with Gasteiger partial charge in [0.25, 0.3) is 0 Å². The van der Waals surface area contributed by atoms with Crippen molar-refractivity contribution in [3.63, 3.8) is 0 Å². The van der Waals surface area contributed by atoms with Gasteiger partial charge < -0.3 is 11.1 Å². The van der Waals surface area contributed by atoms with Crippen LogP contribution in [0, 0.1) is 20.8 Å². The van der Waals surface area contributed by atoms with Crippen LogP contribution in [0.4, 0.5) is 5.69 Å². The molecule has 1 aromatic carbocycles. The molecule has 0 amide bonds. The molecule has 1 rings (SSSR count). The third-order valence-corrected chi connectivity index (χ3v) is 2.58. The first kappa shape index (κ1) is 12.1. The van der Waals surface area contributed by atoms with Crippen molar-refractivity contribution in [1.82, 2.24) is 0 Å². The van der Waals surface area contributed by atoms with E-state index >= 15 is 0 Å². The maximum absolute atomic E-state index is 5.94. The Balaban J connectivity index is 2.82. The van der Waals surface area contributed by atoms with Gasteiger partial charge in [-0.2, -0.15) is 0 Å². The van der Waals surface area contributed by atoms with Gasteiger partial charge in [-0.1, -0.05) is 6.07 Å². The topological polar surface area (TPSA) is 38.0 Å². The van der Waals surface area contributed by atoms with Gasteiger partial charge in [0, 0.05) is 17.8 Å². The number of aryl methyl sites for hydroxylation is 3. The van der Waals surface area contributed by atoms with Gasteiger partial charge in [-0.25, -0.2) is 0 Å². The molecule has 0 aliphatic heterocycles. The second-order valence-electron chi connectivity index (χ2n) is 5.09. The zero-order chi connectivity index (χ0) is 11.6. The first-order valence-corrected chi connectivity index (χ1v) is 5.40. The van der Waals surface area contributed by atoms with Gasteiger partial charge in [0.1, 0.15) is 0 Å². The number of hydrogen-bond donors (Lipinski definition) is 2. The number of nitrogens with two attached hydrogens (primary N) is 1. The predicted octanol–water partition coefficient (Wildman–Crippen LogP) is 2.76. The van der Waals surface area contributed by atoms with Crippen LogP contribution in [0.1, 0.15) is 30.5 Å². The molecule has 0 radical (unpaired) electrons. The molecule has 0 aliphatic rings. The average Bonchev–Trinajstić information content (AvgIpc) is 2.07. The lowest BCUT2D eigenvalue weighted by Gasteiger charge is -2.21. The Morgan fingerprint density at radius 3 is 2.13 bits per heavy atom. The number of anilines is 1. The third-order valence-electron chi connectivity index (χ3n) is 2.58. The van der Waals surface area contributed by atoms with E-state index < -0.39 is 0 Å². The highest BCUT2D eigenvalue weighted by Crippen LogP contribution is 2.20. The Bertz CT molecular complexity index is 348. The van der Waals surface area contributed by atoms with E-state index in [-0.39, 0.29) is 5.54 Å². The van der Waals surface area contributed by atoms with E-state index in [2.05, 4.69) is 38.2 Å². The third kappa shape index (κ3) is 3.56. The lowest BCUT2D eigenvalue weighted by Crippen LogP contribution is -2.39. The van der Waals surface area contributed by atoms with Crippen molar-refractivity contribution in [3.05, 3.63) is 28.8 Å². The molecule has 0 fully saturated rings. The molecule has 2 heteroatoms. The summed E-state index contributed by atoms with van der Waals surface area (Å²) >= 11 is 0. The molecular weight excluding hydrogens is 184 g/mol. The molecule has 0 heterocycles. The van der Waals surface area contributed by atoms with Crippen LogP contribution in [-0.4, -0.2) is 12.1 Å². The van der Waals surface area contributed by atoms with Crippen molar-refractivity contribution in [2.24, 2.45) is 5.73 Å². The van der Waals surface area contributed by atoms with Crippen LogP contribution in [0.5, 0.6) is 0 Å². The minimum atomic E-state index is -0.175. The molecule has 0 aliphatic carbocycles. The molecular formula is C13H22N2. The summed E-state index contributed by atoms with van der Waals surface area (Å²) in [6, 6.07) is 4.40. The van der Waals surface area contributed by atoms with E-state index in [0.717, 1.165) is 6.54 Å². The van der Waals surface area contributed by atoms with Crippen LogP contribution in [0.15, 0.2) is 12.1 Å². The van der Waals surface area contributed by atoms with E-state index in [9.17, 15) is 0 Å². The highest BCUT2D eigenvalue weighted by Gasteiger charge is 2.10. The maximum atomic E-state index is 5.94. The van der Waals surface area contributed by atoms with Crippen molar-refractivity contribution in [1.29, 1.82) is 0 Å². The second-order valence-corrected chi connectivity index (χ2v) is 5.09. The molecule has 3 N–H and O–H groups in total. The molecule has 0 atom stereocenters. The van der Waals surface area contributed by atoms with Crippen molar-refractivity contribution in [2.45, 2.75) is 40.2 Å². The number of hydrogen-bond acceptors (Lipinski definition) is 2. The van der Waals surface area contributed by atoms with E-state index in [4.69, 9.17) is 5.73 Å². The molecule has 0 saturated heterocycles. The lowest BCUT2D eigenvalue weighted by atomic mass is 10.0. The molecule has 84 valence electrons. The minimum Gasteiger partial charge on any atom is -0.383 e. The maximum Gasteiger partial charge on any atom is 0.0373 e. The standard InChI is InChI=1S/C13H22N2/c1-9-6-11(3)12(7-10(9)2)15-8-13(4,5)14/h6-7,15H,8,14H2,1-5H3. The molecule has 2 nitrogen and oxygen atoms in total. The SMILES string of the molecule is Cc1cc(C)c(NCC(C)(C)N)cc1C. The fourth-order valence-corrected chi connectivity index (χ4v) is 1.47. The Hall–Kier alpha value is -1.02. The van der Waals surface area contributed by atoms with Crippen LogP contribution in [0.2, 0.25) is 0 Å². The van der Waals surface area contributed by atoms with Crippen LogP contribution in [-0.2, 0) is 0 Å². The van der Waals surface area contributed by atoms with Gasteiger partial charge in [0.05, 0.1) is 0 Å². The summed E-state index contributed by atoms with van der Waals surface area (Å²) in [6.07, 6.45) is 0. The zero-order valence-corrected chi connectivity index (χ0v) is 10.4. The van der Waals surface area contributed by atoms with Crippen LogP contribution in [0.3, 0.4) is 0 Å². The van der Waals surface area contributed by atoms with Gasteiger partial charge in [0.2, 0.25) is 0 Å². The molecule has 0 saturated carbocycles. The summed E-state index contributed by atoms with van der Waals surface area (Å²) in [4.78, 5) is 0. The number of nitrogens with one attached hydrogen (secondary N) is 1. The van der Waals surface area contributed by atoms with Crippen molar-refractivity contribution >= 4 is 5.69 Å². The molecule has 0 aromatic heterocycles. The highest BCUT2D eigenvalue weighted by atomic mass is 14.9. The summed E-state index contributed by atoms with van der Waals surface area (Å²) in [5, 5.41) is 3.40. The summed E-state index contributed by atoms with van der Waals surface area (Å²) in [7, 11) is 0. The van der Waals surface area contributed by atoms with Crippen molar-refractivity contribution in [3.8, 4) is 0 Å². The molecule has 0 spiro atoms. The summed E-state index contributed by atoms with van der Waals surface area (Å²) in [6.45, 7) is 11.2. The van der Waals surface area contributed by atoms with Crippen LogP contribution >= 0.6 is 0 Å². The smallest absolute Gasteiger partial charge is 0.0373 e. The van der Waals surface area contributed by atoms with Gasteiger partial charge in [-0.3, -0.25) is 0 Å². The number of benzene rings is 1. The first-order valence-electron chi connectivity index (χ1n) is 5.40. The fraction of sp³-hybridized carbons (Fsp3) is 0.538. The Morgan fingerprint density at radius 1 is 1.07 bits per heavy atom. The van der Waals surface area contributed by atoms with E-state index in [1.807, 2.05) is 13.8 Å². The van der Waals surface area contributed by atoms with Gasteiger partial charge in [-0.15, -0.1) is 0 Å². The van der Waals surface area contributed by atoms with Crippen molar-refractivity contribution < 1.29 is 0 Å². The van der Waals surface area contributed by atoms with Gasteiger partial charge in [0.15, 0.2) is 0 Å². The average molecular weight is 206 g/mol. The monoisotopic (exact) mass is 206 g/mol. The molecule has 1 aromatic rings. The van der Waals surface area contributed by atoms with Crippen LogP contribution < -0.4 is 11.1 Å².